The van der Waals surface area contributed by atoms with Crippen LogP contribution in [0.4, 0.5) is 0 Å². The Morgan fingerprint density at radius 2 is 2.10 bits per heavy atom. The lowest BCUT2D eigenvalue weighted by atomic mass is 10.1. The zero-order valence-corrected chi connectivity index (χ0v) is 12.2. The first-order valence-electron chi connectivity index (χ1n) is 6.94. The van der Waals surface area contributed by atoms with Crippen molar-refractivity contribution in [2.75, 3.05) is 7.11 Å². The quantitative estimate of drug-likeness (QED) is 0.778. The molecule has 0 radical (unpaired) electrons. The van der Waals surface area contributed by atoms with E-state index in [4.69, 9.17) is 9.15 Å². The number of pyridine rings is 1. The third-order valence-electron chi connectivity index (χ3n) is 3.51. The Bertz CT molecular complexity index is 716. The number of aryl methyl sites for hydroxylation is 1. The molecule has 0 amide bonds. The summed E-state index contributed by atoms with van der Waals surface area (Å²) in [4.78, 5) is 4.19. The number of nitrogens with one attached hydrogen (secondary N) is 1. The Morgan fingerprint density at radius 1 is 1.19 bits per heavy atom. The number of hydrogen-bond donors (Lipinski definition) is 1. The van der Waals surface area contributed by atoms with E-state index < -0.39 is 0 Å². The number of hydrogen-bond acceptors (Lipinski definition) is 4. The van der Waals surface area contributed by atoms with Crippen LogP contribution < -0.4 is 10.1 Å². The predicted octanol–water partition coefficient (Wildman–Crippen LogP) is 3.43. The van der Waals surface area contributed by atoms with Crippen LogP contribution in [0.5, 0.6) is 5.75 Å². The van der Waals surface area contributed by atoms with Gasteiger partial charge in [-0.15, -0.1) is 0 Å². The minimum absolute atomic E-state index is 0.682. The Balaban J connectivity index is 1.63. The Kier molecular flexibility index (Phi) is 3.88. The van der Waals surface area contributed by atoms with Gasteiger partial charge in [0.25, 0.3) is 0 Å². The fraction of sp³-hybridized carbons (Fsp3) is 0.235. The highest BCUT2D eigenvalue weighted by molar-refractivity contribution is 5.73. The molecule has 0 aliphatic carbocycles. The SMILES string of the molecule is COc1ccc(CNCc2cc3cccnc3o2)c(C)c1. The maximum atomic E-state index is 5.68. The number of rotatable bonds is 5. The van der Waals surface area contributed by atoms with Gasteiger partial charge in [-0.25, -0.2) is 4.98 Å². The van der Waals surface area contributed by atoms with Crippen LogP contribution in [0.1, 0.15) is 16.9 Å². The molecular weight excluding hydrogens is 264 g/mol. The van der Waals surface area contributed by atoms with Crippen molar-refractivity contribution in [3.05, 3.63) is 59.5 Å². The smallest absolute Gasteiger partial charge is 0.226 e. The number of nitrogens with zero attached hydrogens (tertiary/aromatic N) is 1. The zero-order chi connectivity index (χ0) is 14.7. The number of fused-ring (bicyclic) bond motifs is 1. The van der Waals surface area contributed by atoms with Crippen LogP contribution in [-0.4, -0.2) is 12.1 Å². The van der Waals surface area contributed by atoms with Crippen molar-refractivity contribution in [3.63, 3.8) is 0 Å². The second-order valence-electron chi connectivity index (χ2n) is 5.01. The van der Waals surface area contributed by atoms with E-state index in [1.54, 1.807) is 13.3 Å². The highest BCUT2D eigenvalue weighted by atomic mass is 16.5. The van der Waals surface area contributed by atoms with E-state index >= 15 is 0 Å². The molecule has 0 saturated carbocycles. The first-order chi connectivity index (χ1) is 10.3. The molecule has 1 aromatic carbocycles. The second-order valence-corrected chi connectivity index (χ2v) is 5.01. The molecule has 0 aliphatic heterocycles. The van der Waals surface area contributed by atoms with E-state index in [9.17, 15) is 0 Å². The molecule has 108 valence electrons. The van der Waals surface area contributed by atoms with Crippen LogP contribution in [0.3, 0.4) is 0 Å². The van der Waals surface area contributed by atoms with E-state index in [-0.39, 0.29) is 0 Å². The van der Waals surface area contributed by atoms with E-state index in [0.29, 0.717) is 12.3 Å². The topological polar surface area (TPSA) is 47.3 Å². The number of ether oxygens (including phenoxy) is 1. The lowest BCUT2D eigenvalue weighted by Crippen LogP contribution is -2.13. The maximum absolute atomic E-state index is 5.68. The third-order valence-corrected chi connectivity index (χ3v) is 3.51. The van der Waals surface area contributed by atoms with Gasteiger partial charge in [0.05, 0.1) is 13.7 Å². The Hall–Kier alpha value is -2.33. The van der Waals surface area contributed by atoms with Gasteiger partial charge in [-0.05, 0) is 48.4 Å². The van der Waals surface area contributed by atoms with E-state index in [0.717, 1.165) is 23.4 Å². The van der Waals surface area contributed by atoms with Crippen LogP contribution in [0.25, 0.3) is 11.1 Å². The largest absolute Gasteiger partial charge is 0.497 e. The molecule has 0 atom stereocenters. The predicted molar refractivity (Wildman–Crippen MR) is 82.3 cm³/mol. The van der Waals surface area contributed by atoms with Gasteiger partial charge in [-0.1, -0.05) is 6.07 Å². The molecule has 1 N–H and O–H groups in total. The molecule has 3 rings (SSSR count). The van der Waals surface area contributed by atoms with Crippen LogP contribution in [0.15, 0.2) is 47.0 Å². The lowest BCUT2D eigenvalue weighted by molar-refractivity contribution is 0.414. The summed E-state index contributed by atoms with van der Waals surface area (Å²) in [6, 6.07) is 12.0. The van der Waals surface area contributed by atoms with E-state index in [1.807, 2.05) is 30.3 Å². The molecule has 3 aromatic rings. The molecule has 0 aliphatic rings. The number of furan rings is 1. The van der Waals surface area contributed by atoms with Gasteiger partial charge >= 0.3 is 0 Å². The van der Waals surface area contributed by atoms with Crippen molar-refractivity contribution in [1.29, 1.82) is 0 Å². The van der Waals surface area contributed by atoms with Gasteiger partial charge < -0.3 is 14.5 Å². The molecule has 0 saturated heterocycles. The maximum Gasteiger partial charge on any atom is 0.226 e. The Morgan fingerprint density at radius 3 is 2.86 bits per heavy atom. The summed E-state index contributed by atoms with van der Waals surface area (Å²) in [5.74, 6) is 1.79. The van der Waals surface area contributed by atoms with Gasteiger partial charge in [-0.3, -0.25) is 0 Å². The van der Waals surface area contributed by atoms with Gasteiger partial charge in [0, 0.05) is 18.1 Å². The van der Waals surface area contributed by atoms with Crippen molar-refractivity contribution in [2.45, 2.75) is 20.0 Å². The minimum atomic E-state index is 0.682. The summed E-state index contributed by atoms with van der Waals surface area (Å²) in [6.07, 6.45) is 1.74. The third kappa shape index (κ3) is 3.06. The second kappa shape index (κ2) is 5.97. The number of benzene rings is 1. The first-order valence-corrected chi connectivity index (χ1v) is 6.94. The fourth-order valence-electron chi connectivity index (χ4n) is 2.33. The molecule has 0 fully saturated rings. The van der Waals surface area contributed by atoms with Gasteiger partial charge in [0.15, 0.2) is 0 Å². The van der Waals surface area contributed by atoms with Gasteiger partial charge in [-0.2, -0.15) is 0 Å². The summed E-state index contributed by atoms with van der Waals surface area (Å²) in [6.45, 7) is 3.56. The van der Waals surface area contributed by atoms with Crippen molar-refractivity contribution in [3.8, 4) is 5.75 Å². The fourth-order valence-corrected chi connectivity index (χ4v) is 2.33. The molecule has 21 heavy (non-hydrogen) atoms. The van der Waals surface area contributed by atoms with Gasteiger partial charge in [0.1, 0.15) is 11.5 Å². The molecule has 2 heterocycles. The van der Waals surface area contributed by atoms with Crippen LogP contribution >= 0.6 is 0 Å². The van der Waals surface area contributed by atoms with Crippen molar-refractivity contribution in [2.24, 2.45) is 0 Å². The summed E-state index contributed by atoms with van der Waals surface area (Å²) in [5.41, 5.74) is 3.16. The van der Waals surface area contributed by atoms with Gasteiger partial charge in [0.2, 0.25) is 5.71 Å². The molecule has 0 spiro atoms. The normalized spacial score (nSPS) is 11.0. The highest BCUT2D eigenvalue weighted by Gasteiger charge is 2.05. The molecule has 4 heteroatoms. The van der Waals surface area contributed by atoms with Crippen molar-refractivity contribution < 1.29 is 9.15 Å². The van der Waals surface area contributed by atoms with E-state index in [1.165, 1.54) is 11.1 Å². The van der Waals surface area contributed by atoms with E-state index in [2.05, 4.69) is 23.3 Å². The lowest BCUT2D eigenvalue weighted by Gasteiger charge is -2.08. The van der Waals surface area contributed by atoms with Crippen LogP contribution in [-0.2, 0) is 13.1 Å². The molecule has 2 aromatic heterocycles. The number of methoxy groups -OCH3 is 1. The van der Waals surface area contributed by atoms with Crippen LogP contribution in [0, 0.1) is 6.92 Å². The van der Waals surface area contributed by atoms with Crippen molar-refractivity contribution in [1.82, 2.24) is 10.3 Å². The molecular formula is C17H18N2O2. The van der Waals surface area contributed by atoms with Crippen LogP contribution in [0.2, 0.25) is 0 Å². The monoisotopic (exact) mass is 282 g/mol. The number of aromatic nitrogens is 1. The summed E-state index contributed by atoms with van der Waals surface area (Å²) < 4.78 is 10.9. The zero-order valence-electron chi connectivity index (χ0n) is 12.2. The molecule has 4 nitrogen and oxygen atoms in total. The summed E-state index contributed by atoms with van der Waals surface area (Å²) in [5, 5.41) is 4.43. The standard InChI is InChI=1S/C17H18N2O2/c1-12-8-15(20-2)6-5-14(12)10-18-11-16-9-13-4-3-7-19-17(13)21-16/h3-9,18H,10-11H2,1-2H3. The molecule has 0 unspecified atom stereocenters. The highest BCUT2D eigenvalue weighted by Crippen LogP contribution is 2.18. The summed E-state index contributed by atoms with van der Waals surface area (Å²) in [7, 11) is 1.68. The summed E-state index contributed by atoms with van der Waals surface area (Å²) >= 11 is 0. The average molecular weight is 282 g/mol. The molecule has 0 bridgehead atoms. The first kappa shape index (κ1) is 13.6. The average Bonchev–Trinajstić information content (AvgIpc) is 2.91. The minimum Gasteiger partial charge on any atom is -0.497 e. The Labute approximate surface area is 123 Å². The van der Waals surface area contributed by atoms with Crippen molar-refractivity contribution >= 4 is 11.1 Å².